The van der Waals surface area contributed by atoms with Crippen molar-refractivity contribution in [2.24, 2.45) is 5.73 Å². The van der Waals surface area contributed by atoms with Gasteiger partial charge in [0, 0.05) is 24.1 Å². The number of hydrogen-bond acceptors (Lipinski definition) is 7. The van der Waals surface area contributed by atoms with Gasteiger partial charge in [-0.25, -0.2) is 17.9 Å². The topological polar surface area (TPSA) is 105 Å². The molecule has 0 radical (unpaired) electrons. The Hall–Kier alpha value is -2.82. The monoisotopic (exact) mass is 466 g/mol. The van der Waals surface area contributed by atoms with Gasteiger partial charge in [0.15, 0.2) is 23.5 Å². The highest BCUT2D eigenvalue weighted by atomic mass is 32.2. The van der Waals surface area contributed by atoms with E-state index in [2.05, 4.69) is 4.98 Å². The van der Waals surface area contributed by atoms with Gasteiger partial charge in [-0.15, -0.1) is 0 Å². The van der Waals surface area contributed by atoms with E-state index in [1.54, 1.807) is 19.1 Å². The number of fused-ring (bicyclic) bond motifs is 1. The number of rotatable bonds is 10. The molecule has 7 nitrogen and oxygen atoms in total. The van der Waals surface area contributed by atoms with Crippen LogP contribution in [0.5, 0.6) is 5.75 Å². The summed E-state index contributed by atoms with van der Waals surface area (Å²) in [6.45, 7) is 3.35. The minimum absolute atomic E-state index is 0.0427. The maximum absolute atomic E-state index is 14.4. The number of nitrogens with zero attached hydrogens (tertiary/aromatic N) is 1. The van der Waals surface area contributed by atoms with Crippen molar-refractivity contribution in [2.45, 2.75) is 44.2 Å². The van der Waals surface area contributed by atoms with Crippen LogP contribution in [0.3, 0.4) is 0 Å². The third-order valence-corrected chi connectivity index (χ3v) is 5.97. The second-order valence-corrected chi connectivity index (χ2v) is 8.79. The van der Waals surface area contributed by atoms with Gasteiger partial charge in [0.1, 0.15) is 17.9 Å². The fraction of sp³-hybridized carbons (Fsp3) is 0.318. The Bertz CT molecular complexity index is 1210. The Balaban J connectivity index is 1.69. The molecule has 1 heterocycles. The van der Waals surface area contributed by atoms with Crippen molar-refractivity contribution in [3.63, 3.8) is 0 Å². The zero-order valence-electron chi connectivity index (χ0n) is 17.7. The van der Waals surface area contributed by atoms with E-state index < -0.39 is 28.8 Å². The smallest absolute Gasteiger partial charge is 0.298 e. The van der Waals surface area contributed by atoms with Crippen molar-refractivity contribution in [3.05, 3.63) is 65.6 Å². The van der Waals surface area contributed by atoms with E-state index in [4.69, 9.17) is 19.1 Å². The van der Waals surface area contributed by atoms with E-state index >= 15 is 0 Å². The second kappa shape index (κ2) is 10.2. The maximum Gasteiger partial charge on any atom is 0.298 e. The molecule has 1 unspecified atom stereocenters. The van der Waals surface area contributed by atoms with Gasteiger partial charge in [0.05, 0.1) is 11.2 Å². The summed E-state index contributed by atoms with van der Waals surface area (Å²) in [5.74, 6) is -0.197. The maximum atomic E-state index is 14.4. The predicted molar refractivity (Wildman–Crippen MR) is 115 cm³/mol. The van der Waals surface area contributed by atoms with Gasteiger partial charge in [-0.2, -0.15) is 8.42 Å². The van der Waals surface area contributed by atoms with Crippen LogP contribution in [0.1, 0.15) is 31.2 Å². The first-order valence-electron chi connectivity index (χ1n) is 10.00. The van der Waals surface area contributed by atoms with Crippen molar-refractivity contribution in [1.82, 2.24) is 4.98 Å². The average Bonchev–Trinajstić information content (AvgIpc) is 3.16. The normalized spacial score (nSPS) is 13.5. The molecule has 0 fully saturated rings. The Morgan fingerprint density at radius 3 is 2.66 bits per heavy atom. The van der Waals surface area contributed by atoms with E-state index in [1.807, 2.05) is 6.92 Å². The number of benzene rings is 2. The molecule has 172 valence electrons. The molecule has 2 N–H and O–H groups in total. The lowest BCUT2D eigenvalue weighted by atomic mass is 10.2. The van der Waals surface area contributed by atoms with Crippen molar-refractivity contribution >= 4 is 21.2 Å². The van der Waals surface area contributed by atoms with Crippen LogP contribution in [-0.4, -0.2) is 26.2 Å². The molecule has 0 bridgehead atoms. The van der Waals surface area contributed by atoms with E-state index in [0.717, 1.165) is 24.5 Å². The largest absolute Gasteiger partial charge is 0.489 e. The van der Waals surface area contributed by atoms with Crippen molar-refractivity contribution in [1.29, 1.82) is 0 Å². The van der Waals surface area contributed by atoms with Gasteiger partial charge in [0.25, 0.3) is 10.1 Å². The summed E-state index contributed by atoms with van der Waals surface area (Å²) in [5.41, 5.74) is 6.57. The Morgan fingerprint density at radius 2 is 2.00 bits per heavy atom. The first-order valence-corrected chi connectivity index (χ1v) is 11.4. The molecule has 0 spiro atoms. The van der Waals surface area contributed by atoms with Crippen molar-refractivity contribution < 1.29 is 30.5 Å². The summed E-state index contributed by atoms with van der Waals surface area (Å²) in [7, 11) is -4.23. The van der Waals surface area contributed by atoms with E-state index in [0.29, 0.717) is 12.3 Å². The van der Waals surface area contributed by atoms with E-state index in [9.17, 15) is 17.2 Å². The fourth-order valence-corrected chi connectivity index (χ4v) is 3.81. The third kappa shape index (κ3) is 5.70. The molecule has 1 atom stereocenters. The zero-order chi connectivity index (χ0) is 23.3. The van der Waals surface area contributed by atoms with Crippen molar-refractivity contribution in [2.75, 3.05) is 6.61 Å². The van der Waals surface area contributed by atoms with Crippen LogP contribution < -0.4 is 10.5 Å². The van der Waals surface area contributed by atoms with Crippen LogP contribution in [0.15, 0.2) is 57.6 Å². The van der Waals surface area contributed by atoms with Gasteiger partial charge in [-0.1, -0.05) is 31.0 Å². The average molecular weight is 467 g/mol. The molecule has 0 aliphatic heterocycles. The summed E-state index contributed by atoms with van der Waals surface area (Å²) >= 11 is 0. The molecule has 0 amide bonds. The summed E-state index contributed by atoms with van der Waals surface area (Å²) in [6.07, 6.45) is 0.839. The Kier molecular flexibility index (Phi) is 7.60. The van der Waals surface area contributed by atoms with Crippen LogP contribution in [0, 0.1) is 12.7 Å². The molecule has 10 heteroatoms. The highest BCUT2D eigenvalue weighted by Crippen LogP contribution is 2.26. The molecule has 32 heavy (non-hydrogen) atoms. The van der Waals surface area contributed by atoms with Gasteiger partial charge < -0.3 is 14.9 Å². The van der Waals surface area contributed by atoms with Gasteiger partial charge in [-0.3, -0.25) is 0 Å². The number of aryl methyl sites for hydroxylation is 2. The van der Waals surface area contributed by atoms with E-state index in [1.165, 1.54) is 18.2 Å². The lowest BCUT2D eigenvalue weighted by molar-refractivity contribution is 0.224. The lowest BCUT2D eigenvalue weighted by Crippen LogP contribution is -2.31. The second-order valence-electron chi connectivity index (χ2n) is 7.22. The summed E-state index contributed by atoms with van der Waals surface area (Å²) in [5, 5.41) is 0. The van der Waals surface area contributed by atoms with Gasteiger partial charge in [0.2, 0.25) is 0 Å². The molecular weight excluding hydrogens is 442 g/mol. The first-order chi connectivity index (χ1) is 15.2. The molecule has 0 aliphatic carbocycles. The molecular formula is C22H24F2N2O5S. The quantitative estimate of drug-likeness (QED) is 0.345. The highest BCUT2D eigenvalue weighted by Gasteiger charge is 2.23. The molecule has 3 rings (SSSR count). The van der Waals surface area contributed by atoms with Crippen LogP contribution in [-0.2, 0) is 20.7 Å². The Labute approximate surface area is 185 Å². The molecule has 0 saturated heterocycles. The molecule has 0 aliphatic rings. The minimum Gasteiger partial charge on any atom is -0.489 e. The molecule has 0 saturated carbocycles. The van der Waals surface area contributed by atoms with Crippen LogP contribution in [0.2, 0.25) is 0 Å². The highest BCUT2D eigenvalue weighted by molar-refractivity contribution is 7.86. The Morgan fingerprint density at radius 1 is 1.28 bits per heavy atom. The number of nitrogens with two attached hydrogens (primary N) is 1. The number of oxazole rings is 1. The van der Waals surface area contributed by atoms with Gasteiger partial charge in [-0.05, 0) is 25.5 Å². The van der Waals surface area contributed by atoms with Crippen LogP contribution in [0.4, 0.5) is 8.78 Å². The van der Waals surface area contributed by atoms with Gasteiger partial charge >= 0.3 is 0 Å². The van der Waals surface area contributed by atoms with Crippen molar-refractivity contribution in [3.8, 4) is 5.75 Å². The van der Waals surface area contributed by atoms with Crippen LogP contribution >= 0.6 is 0 Å². The zero-order valence-corrected chi connectivity index (χ0v) is 18.5. The number of aromatic nitrogens is 1. The fourth-order valence-electron chi connectivity index (χ4n) is 2.83. The standard InChI is InChI=1S/C22H24F2N2O5S/c1-3-4-5-20-26-21-18(24)10-16(11-19(21)30-20)29-13-15(12-23)22(25)31-32(27,28)17-8-6-14(2)7-9-17/h6-12,22H,3-5,13,25H2,1-2H3/b15-12+. The number of hydrogen-bond donors (Lipinski definition) is 1. The van der Waals surface area contributed by atoms with E-state index in [-0.39, 0.29) is 33.6 Å². The molecule has 1 aromatic heterocycles. The molecule has 2 aromatic carbocycles. The summed E-state index contributed by atoms with van der Waals surface area (Å²) in [6, 6.07) is 8.41. The molecule has 3 aromatic rings. The summed E-state index contributed by atoms with van der Waals surface area (Å²) in [4.78, 5) is 4.01. The number of ether oxygens (including phenoxy) is 1. The number of unbranched alkanes of at least 4 members (excludes halogenated alkanes) is 1. The lowest BCUT2D eigenvalue weighted by Gasteiger charge is -2.16. The number of halogens is 2. The third-order valence-electron chi connectivity index (χ3n) is 4.66. The van der Waals surface area contributed by atoms with Crippen LogP contribution in [0.25, 0.3) is 11.1 Å². The summed E-state index contributed by atoms with van der Waals surface area (Å²) < 4.78 is 68.3. The predicted octanol–water partition coefficient (Wildman–Crippen LogP) is 4.54. The SMILES string of the molecule is CCCCc1nc2c(F)cc(OC/C(=C\F)C(N)OS(=O)(=O)c3ccc(C)cc3)cc2o1. The first kappa shape index (κ1) is 23.8. The minimum atomic E-state index is -4.23.